The minimum atomic E-state index is 1.06. The lowest BCUT2D eigenvalue weighted by atomic mass is 10.2. The largest absolute Gasteiger partial charge is 0.238 e. The Kier molecular flexibility index (Phi) is 2.32. The van der Waals surface area contributed by atoms with Gasteiger partial charge in [-0.2, -0.15) is 4.57 Å². The van der Waals surface area contributed by atoms with Crippen LogP contribution in [0.5, 0.6) is 0 Å². The molecule has 0 aliphatic heterocycles. The first kappa shape index (κ1) is 10.6. The van der Waals surface area contributed by atoms with Gasteiger partial charge in [-0.25, -0.2) is 4.98 Å². The zero-order chi connectivity index (χ0) is 12.7. The van der Waals surface area contributed by atoms with E-state index < -0.39 is 0 Å². The van der Waals surface area contributed by atoms with E-state index in [2.05, 4.69) is 70.3 Å². The van der Waals surface area contributed by atoms with Crippen LogP contribution in [0.1, 0.15) is 0 Å². The molecule has 0 N–H and O–H groups in total. The average molecular weight is 263 g/mol. The average Bonchev–Trinajstić information content (AvgIpc) is 2.95. The van der Waals surface area contributed by atoms with E-state index in [1.54, 1.807) is 11.3 Å². The molecule has 90 valence electrons. The molecule has 0 saturated heterocycles. The number of para-hydroxylation sites is 2. The number of aromatic nitrogens is 2. The molecule has 0 unspecified atom stereocenters. The summed E-state index contributed by atoms with van der Waals surface area (Å²) in [6.07, 6.45) is 2.09. The minimum absolute atomic E-state index is 1.06. The molecule has 3 heteroatoms. The molecule has 0 fully saturated rings. The smallest absolute Gasteiger partial charge is 0.238 e. The Morgan fingerprint density at radius 1 is 0.895 bits per heavy atom. The van der Waals surface area contributed by atoms with Crippen molar-refractivity contribution in [1.82, 2.24) is 4.98 Å². The molecule has 0 spiro atoms. The van der Waals surface area contributed by atoms with Crippen molar-refractivity contribution in [1.29, 1.82) is 0 Å². The van der Waals surface area contributed by atoms with Crippen molar-refractivity contribution in [2.75, 3.05) is 0 Å². The molecule has 0 aliphatic rings. The van der Waals surface area contributed by atoms with Gasteiger partial charge in [0.15, 0.2) is 11.7 Å². The van der Waals surface area contributed by atoms with E-state index in [4.69, 9.17) is 0 Å². The van der Waals surface area contributed by atoms with E-state index in [1.807, 2.05) is 5.51 Å². The van der Waals surface area contributed by atoms with Crippen LogP contribution < -0.4 is 4.57 Å². The second-order valence-electron chi connectivity index (χ2n) is 4.41. The molecule has 0 atom stereocenters. The fraction of sp³-hybridized carbons (Fsp3) is 0. The van der Waals surface area contributed by atoms with Crippen molar-refractivity contribution in [2.24, 2.45) is 0 Å². The first-order valence-corrected chi connectivity index (χ1v) is 7.03. The molecule has 0 saturated carbocycles. The minimum Gasteiger partial charge on any atom is -0.238 e. The van der Waals surface area contributed by atoms with Gasteiger partial charge in [0.2, 0.25) is 11.2 Å². The number of hydrogen-bond donors (Lipinski definition) is 0. The van der Waals surface area contributed by atoms with Crippen LogP contribution in [-0.4, -0.2) is 4.98 Å². The molecule has 0 aliphatic carbocycles. The zero-order valence-electron chi connectivity index (χ0n) is 10.2. The van der Waals surface area contributed by atoms with Crippen molar-refractivity contribution in [3.8, 4) is 5.69 Å². The number of pyridine rings is 1. The Labute approximate surface area is 114 Å². The number of benzene rings is 2. The molecule has 19 heavy (non-hydrogen) atoms. The molecule has 2 nitrogen and oxygen atoms in total. The van der Waals surface area contributed by atoms with Gasteiger partial charge in [-0.05, 0) is 18.2 Å². The lowest BCUT2D eigenvalue weighted by Crippen LogP contribution is -2.31. The van der Waals surface area contributed by atoms with Crippen molar-refractivity contribution in [2.45, 2.75) is 0 Å². The first-order chi connectivity index (χ1) is 9.43. The number of rotatable bonds is 1. The van der Waals surface area contributed by atoms with Gasteiger partial charge in [0, 0.05) is 23.6 Å². The van der Waals surface area contributed by atoms with Crippen LogP contribution in [0, 0.1) is 0 Å². The first-order valence-electron chi connectivity index (χ1n) is 6.15. The van der Waals surface area contributed by atoms with Crippen LogP contribution in [0.15, 0.2) is 66.3 Å². The SMILES string of the molecule is c1ccc2c(c1)ccc[n+]2-c1cccc2scnc12. The highest BCUT2D eigenvalue weighted by atomic mass is 32.1. The standard InChI is InChI=1S/C16H11N2S/c1-2-7-13-12(5-1)6-4-10-18(13)14-8-3-9-15-16(14)17-11-19-15/h1-11H/q+1. The van der Waals surface area contributed by atoms with E-state index in [-0.39, 0.29) is 0 Å². The molecule has 4 rings (SSSR count). The number of hydrogen-bond acceptors (Lipinski definition) is 2. The van der Waals surface area contributed by atoms with Gasteiger partial charge in [-0.3, -0.25) is 0 Å². The van der Waals surface area contributed by atoms with Crippen LogP contribution in [-0.2, 0) is 0 Å². The van der Waals surface area contributed by atoms with Crippen molar-refractivity contribution in [3.63, 3.8) is 0 Å². The summed E-state index contributed by atoms with van der Waals surface area (Å²) >= 11 is 1.68. The Balaban J connectivity index is 2.12. The second-order valence-corrected chi connectivity index (χ2v) is 5.30. The van der Waals surface area contributed by atoms with E-state index in [9.17, 15) is 0 Å². The summed E-state index contributed by atoms with van der Waals surface area (Å²) in [7, 11) is 0. The molecule has 4 aromatic rings. The van der Waals surface area contributed by atoms with Gasteiger partial charge in [0.25, 0.3) is 0 Å². The summed E-state index contributed by atoms with van der Waals surface area (Å²) in [5.74, 6) is 0. The molecular weight excluding hydrogens is 252 g/mol. The maximum absolute atomic E-state index is 4.50. The summed E-state index contributed by atoms with van der Waals surface area (Å²) in [6, 6.07) is 18.9. The third-order valence-electron chi connectivity index (χ3n) is 3.31. The van der Waals surface area contributed by atoms with Gasteiger partial charge in [-0.15, -0.1) is 11.3 Å². The van der Waals surface area contributed by atoms with Crippen molar-refractivity contribution >= 4 is 32.5 Å². The van der Waals surface area contributed by atoms with Gasteiger partial charge >= 0.3 is 0 Å². The Bertz CT molecular complexity index is 875. The maximum atomic E-state index is 4.50. The third-order valence-corrected chi connectivity index (χ3v) is 4.10. The highest BCUT2D eigenvalue weighted by Crippen LogP contribution is 2.22. The predicted octanol–water partition coefficient (Wildman–Crippen LogP) is 3.73. The molecule has 2 heterocycles. The topological polar surface area (TPSA) is 16.8 Å². The van der Waals surface area contributed by atoms with E-state index in [0.717, 1.165) is 11.2 Å². The third kappa shape index (κ3) is 1.63. The lowest BCUT2D eigenvalue weighted by Gasteiger charge is -2.00. The molecule has 0 radical (unpaired) electrons. The van der Waals surface area contributed by atoms with Gasteiger partial charge in [-0.1, -0.05) is 18.2 Å². The van der Waals surface area contributed by atoms with Crippen molar-refractivity contribution < 1.29 is 4.57 Å². The Hall–Kier alpha value is -2.26. The van der Waals surface area contributed by atoms with Gasteiger partial charge in [0.05, 0.1) is 10.2 Å². The normalized spacial score (nSPS) is 11.2. The van der Waals surface area contributed by atoms with Gasteiger partial charge < -0.3 is 0 Å². The Morgan fingerprint density at radius 3 is 2.79 bits per heavy atom. The van der Waals surface area contributed by atoms with Crippen LogP contribution in [0.2, 0.25) is 0 Å². The molecular formula is C16H11N2S+. The summed E-state index contributed by atoms with van der Waals surface area (Å²) in [5, 5.41) is 1.23. The summed E-state index contributed by atoms with van der Waals surface area (Å²) in [6.45, 7) is 0. The van der Waals surface area contributed by atoms with E-state index in [1.165, 1.54) is 15.6 Å². The maximum Gasteiger partial charge on any atom is 0.238 e. The second kappa shape index (κ2) is 4.14. The van der Waals surface area contributed by atoms with Crippen LogP contribution in [0.4, 0.5) is 0 Å². The van der Waals surface area contributed by atoms with Crippen LogP contribution in [0.25, 0.3) is 26.8 Å². The lowest BCUT2D eigenvalue weighted by molar-refractivity contribution is -0.565. The highest BCUT2D eigenvalue weighted by molar-refractivity contribution is 7.16. The summed E-state index contributed by atoms with van der Waals surface area (Å²) in [4.78, 5) is 4.50. The molecule has 2 aromatic carbocycles. The van der Waals surface area contributed by atoms with Gasteiger partial charge in [0.1, 0.15) is 0 Å². The molecule has 0 bridgehead atoms. The highest BCUT2D eigenvalue weighted by Gasteiger charge is 2.15. The number of nitrogens with zero attached hydrogens (tertiary/aromatic N) is 2. The molecule has 0 amide bonds. The fourth-order valence-electron chi connectivity index (χ4n) is 2.44. The predicted molar refractivity (Wildman–Crippen MR) is 78.7 cm³/mol. The van der Waals surface area contributed by atoms with E-state index in [0.29, 0.717) is 0 Å². The van der Waals surface area contributed by atoms with Crippen LogP contribution >= 0.6 is 11.3 Å². The monoisotopic (exact) mass is 263 g/mol. The quantitative estimate of drug-likeness (QED) is 0.478. The number of thiazole rings is 1. The fourth-order valence-corrected chi connectivity index (χ4v) is 3.13. The Morgan fingerprint density at radius 2 is 1.79 bits per heavy atom. The zero-order valence-corrected chi connectivity index (χ0v) is 11.0. The summed E-state index contributed by atoms with van der Waals surface area (Å²) in [5.41, 5.74) is 5.30. The van der Waals surface area contributed by atoms with Crippen LogP contribution in [0.3, 0.4) is 0 Å². The summed E-state index contributed by atoms with van der Waals surface area (Å²) < 4.78 is 3.43. The van der Waals surface area contributed by atoms with E-state index >= 15 is 0 Å². The molecule has 2 aromatic heterocycles. The number of fused-ring (bicyclic) bond motifs is 2. The van der Waals surface area contributed by atoms with Crippen molar-refractivity contribution in [3.05, 3.63) is 66.3 Å².